The average molecular weight is 242 g/mol. The second kappa shape index (κ2) is 3.67. The number of rotatable bonds is 2. The van der Waals surface area contributed by atoms with Crippen molar-refractivity contribution < 1.29 is 17.4 Å². The van der Waals surface area contributed by atoms with E-state index in [0.717, 1.165) is 12.1 Å². The van der Waals surface area contributed by atoms with Gasteiger partial charge in [-0.1, -0.05) is 5.16 Å². The monoisotopic (exact) mass is 242 g/mol. The quantitative estimate of drug-likeness (QED) is 0.743. The van der Waals surface area contributed by atoms with Crippen molar-refractivity contribution in [1.29, 1.82) is 0 Å². The predicted octanol–water partition coefficient (Wildman–Crippen LogP) is 1.35. The first-order chi connectivity index (χ1) is 7.51. The number of aryl methyl sites for hydroxylation is 1. The Morgan fingerprint density at radius 1 is 1.19 bits per heavy atom. The Labute approximate surface area is 90.8 Å². The highest BCUT2D eigenvalue weighted by Crippen LogP contribution is 2.20. The maximum Gasteiger partial charge on any atom is 0.229 e. The van der Waals surface area contributed by atoms with Crippen LogP contribution in [0.3, 0.4) is 0 Å². The van der Waals surface area contributed by atoms with Gasteiger partial charge in [0.05, 0.1) is 4.90 Å². The van der Waals surface area contributed by atoms with Gasteiger partial charge in [-0.25, -0.2) is 17.4 Å². The van der Waals surface area contributed by atoms with E-state index in [2.05, 4.69) is 14.9 Å². The zero-order valence-corrected chi connectivity index (χ0v) is 9.03. The highest BCUT2D eigenvalue weighted by atomic mass is 32.2. The van der Waals surface area contributed by atoms with Crippen molar-refractivity contribution in [2.45, 2.75) is 16.8 Å². The fourth-order valence-corrected chi connectivity index (χ4v) is 2.47. The summed E-state index contributed by atoms with van der Waals surface area (Å²) >= 11 is 0. The summed E-state index contributed by atoms with van der Waals surface area (Å²) in [4.78, 5) is -0.0484. The molecule has 0 N–H and O–H groups in total. The number of sulfone groups is 1. The third-order valence-electron chi connectivity index (χ3n) is 1.99. The van der Waals surface area contributed by atoms with E-state index in [-0.39, 0.29) is 15.6 Å². The Bertz CT molecular complexity index is 604. The number of hydrogen-bond acceptors (Lipinski definition) is 5. The van der Waals surface area contributed by atoms with Gasteiger partial charge in [0, 0.05) is 0 Å². The molecule has 2 aromatic rings. The smallest absolute Gasteiger partial charge is 0.229 e. The fourth-order valence-electron chi connectivity index (χ4n) is 1.19. The SMILES string of the molecule is Cc1nonc1S(=O)(=O)c1ccc(F)cc1. The van der Waals surface area contributed by atoms with Gasteiger partial charge in [0.15, 0.2) is 0 Å². The lowest BCUT2D eigenvalue weighted by atomic mass is 10.4. The molecule has 0 spiro atoms. The third kappa shape index (κ3) is 1.69. The van der Waals surface area contributed by atoms with Gasteiger partial charge in [-0.3, -0.25) is 0 Å². The minimum atomic E-state index is -3.78. The zero-order chi connectivity index (χ0) is 11.8. The van der Waals surface area contributed by atoms with Crippen LogP contribution in [0.1, 0.15) is 5.69 Å². The van der Waals surface area contributed by atoms with E-state index in [1.807, 2.05) is 0 Å². The van der Waals surface area contributed by atoms with Crippen LogP contribution in [0.2, 0.25) is 0 Å². The first-order valence-electron chi connectivity index (χ1n) is 4.31. The predicted molar refractivity (Wildman–Crippen MR) is 50.9 cm³/mol. The molecule has 2 rings (SSSR count). The summed E-state index contributed by atoms with van der Waals surface area (Å²) in [7, 11) is -3.78. The van der Waals surface area contributed by atoms with Crippen LogP contribution in [0.15, 0.2) is 38.8 Å². The molecule has 0 radical (unpaired) electrons. The van der Waals surface area contributed by atoms with Crippen molar-refractivity contribution in [3.05, 3.63) is 35.8 Å². The molecule has 0 saturated heterocycles. The van der Waals surface area contributed by atoms with Crippen molar-refractivity contribution in [3.63, 3.8) is 0 Å². The molecule has 0 aliphatic carbocycles. The van der Waals surface area contributed by atoms with Crippen molar-refractivity contribution in [2.75, 3.05) is 0 Å². The summed E-state index contributed by atoms with van der Waals surface area (Å²) in [6.45, 7) is 1.47. The van der Waals surface area contributed by atoms with E-state index < -0.39 is 15.7 Å². The highest BCUT2D eigenvalue weighted by molar-refractivity contribution is 7.91. The van der Waals surface area contributed by atoms with Crippen LogP contribution in [0.25, 0.3) is 0 Å². The van der Waals surface area contributed by atoms with E-state index >= 15 is 0 Å². The number of benzene rings is 1. The summed E-state index contributed by atoms with van der Waals surface area (Å²) in [5, 5.41) is 6.45. The molecule has 1 aromatic carbocycles. The van der Waals surface area contributed by atoms with Crippen molar-refractivity contribution in [2.24, 2.45) is 0 Å². The van der Waals surface area contributed by atoms with Crippen LogP contribution in [0.4, 0.5) is 4.39 Å². The lowest BCUT2D eigenvalue weighted by Crippen LogP contribution is -2.04. The number of halogens is 1. The van der Waals surface area contributed by atoms with Gasteiger partial charge in [0.2, 0.25) is 14.9 Å². The van der Waals surface area contributed by atoms with Gasteiger partial charge >= 0.3 is 0 Å². The molecule has 0 fully saturated rings. The van der Waals surface area contributed by atoms with Gasteiger partial charge in [-0.2, -0.15) is 0 Å². The highest BCUT2D eigenvalue weighted by Gasteiger charge is 2.24. The van der Waals surface area contributed by atoms with Crippen LogP contribution in [-0.2, 0) is 9.84 Å². The van der Waals surface area contributed by atoms with Crippen LogP contribution >= 0.6 is 0 Å². The molecule has 0 bridgehead atoms. The number of aromatic nitrogens is 2. The Morgan fingerprint density at radius 2 is 1.81 bits per heavy atom. The summed E-state index contributed by atoms with van der Waals surface area (Å²) in [5.74, 6) is -0.506. The van der Waals surface area contributed by atoms with Gasteiger partial charge in [0.1, 0.15) is 11.5 Å². The molecule has 16 heavy (non-hydrogen) atoms. The average Bonchev–Trinajstić information content (AvgIpc) is 2.66. The second-order valence-corrected chi connectivity index (χ2v) is 4.98. The molecule has 0 aliphatic rings. The standard InChI is InChI=1S/C9H7FN2O3S/c1-6-9(12-15-11-6)16(13,14)8-4-2-7(10)3-5-8/h2-5H,1H3. The molecule has 0 unspecified atom stereocenters. The Kier molecular flexibility index (Phi) is 2.47. The summed E-state index contributed by atoms with van der Waals surface area (Å²) in [5.41, 5.74) is 0.171. The Morgan fingerprint density at radius 3 is 2.31 bits per heavy atom. The fraction of sp³-hybridized carbons (Fsp3) is 0.111. The Balaban J connectivity index is 2.56. The van der Waals surface area contributed by atoms with Gasteiger partial charge in [0.25, 0.3) is 0 Å². The zero-order valence-electron chi connectivity index (χ0n) is 8.21. The molecule has 0 aliphatic heterocycles. The lowest BCUT2D eigenvalue weighted by Gasteiger charge is -1.99. The van der Waals surface area contributed by atoms with Crippen LogP contribution in [-0.4, -0.2) is 18.7 Å². The molecule has 0 saturated carbocycles. The van der Waals surface area contributed by atoms with Crippen LogP contribution in [0, 0.1) is 12.7 Å². The molecule has 0 amide bonds. The largest absolute Gasteiger partial charge is 0.243 e. The maximum absolute atomic E-state index is 12.7. The molecule has 0 atom stereocenters. The molecule has 1 heterocycles. The second-order valence-electron chi connectivity index (χ2n) is 3.11. The first-order valence-corrected chi connectivity index (χ1v) is 5.80. The Hall–Kier alpha value is -1.76. The van der Waals surface area contributed by atoms with E-state index in [0.29, 0.717) is 0 Å². The van der Waals surface area contributed by atoms with E-state index in [1.54, 1.807) is 0 Å². The molecule has 5 nitrogen and oxygen atoms in total. The summed E-state index contributed by atoms with van der Waals surface area (Å²) < 4.78 is 40.9. The maximum atomic E-state index is 12.7. The minimum Gasteiger partial charge on any atom is -0.243 e. The lowest BCUT2D eigenvalue weighted by molar-refractivity contribution is 0.296. The van der Waals surface area contributed by atoms with E-state index in [1.165, 1.54) is 19.1 Å². The van der Waals surface area contributed by atoms with Crippen LogP contribution < -0.4 is 0 Å². The minimum absolute atomic E-state index is 0.0484. The molecule has 1 aromatic heterocycles. The molecule has 84 valence electrons. The van der Waals surface area contributed by atoms with Gasteiger partial charge < -0.3 is 0 Å². The van der Waals surface area contributed by atoms with E-state index in [4.69, 9.17) is 0 Å². The van der Waals surface area contributed by atoms with Crippen LogP contribution in [0.5, 0.6) is 0 Å². The van der Waals surface area contributed by atoms with Crippen molar-refractivity contribution in [3.8, 4) is 0 Å². The molecule has 7 heteroatoms. The molecular weight excluding hydrogens is 235 g/mol. The van der Waals surface area contributed by atoms with Crippen molar-refractivity contribution in [1.82, 2.24) is 10.3 Å². The molecular formula is C9H7FN2O3S. The summed E-state index contributed by atoms with van der Waals surface area (Å²) in [6.07, 6.45) is 0. The van der Waals surface area contributed by atoms with Gasteiger partial charge in [-0.15, -0.1) is 0 Å². The third-order valence-corrected chi connectivity index (χ3v) is 3.76. The topological polar surface area (TPSA) is 73.1 Å². The number of nitrogens with zero attached hydrogens (tertiary/aromatic N) is 2. The normalized spacial score (nSPS) is 11.6. The van der Waals surface area contributed by atoms with Crippen molar-refractivity contribution >= 4 is 9.84 Å². The van der Waals surface area contributed by atoms with E-state index in [9.17, 15) is 12.8 Å². The van der Waals surface area contributed by atoms with Gasteiger partial charge in [-0.05, 0) is 36.3 Å². The number of hydrogen-bond donors (Lipinski definition) is 0. The summed E-state index contributed by atoms with van der Waals surface area (Å²) in [6, 6.07) is 4.46. The first kappa shape index (κ1) is 10.7.